The Hall–Kier alpha value is -2.09. The van der Waals surface area contributed by atoms with Crippen LogP contribution in [0.5, 0.6) is 5.75 Å². The summed E-state index contributed by atoms with van der Waals surface area (Å²) in [6.45, 7) is 5.99. The van der Waals surface area contributed by atoms with Crippen LogP contribution in [0, 0.1) is 5.82 Å². The lowest BCUT2D eigenvalue weighted by atomic mass is 10.1. The fourth-order valence-electron chi connectivity index (χ4n) is 1.62. The van der Waals surface area contributed by atoms with Crippen LogP contribution in [0.15, 0.2) is 55.1 Å². The molecule has 2 aromatic carbocycles. The predicted molar refractivity (Wildman–Crippen MR) is 71.9 cm³/mol. The molecule has 92 valence electrons. The maximum atomic E-state index is 13.7. The number of hydrogen-bond acceptors (Lipinski definition) is 1. The standard InChI is InChI=1S/C16H15FO/c1-12(2)14-8-9-16(15(17)10-14)18-11-13-6-4-3-5-7-13/h3-10H,1,11H2,2H3. The molecule has 0 saturated carbocycles. The summed E-state index contributed by atoms with van der Waals surface area (Å²) in [7, 11) is 0. The Labute approximate surface area is 107 Å². The second kappa shape index (κ2) is 5.50. The molecular weight excluding hydrogens is 227 g/mol. The van der Waals surface area contributed by atoms with Gasteiger partial charge >= 0.3 is 0 Å². The van der Waals surface area contributed by atoms with Crippen LogP contribution in [0.25, 0.3) is 5.57 Å². The molecular formula is C16H15FO. The van der Waals surface area contributed by atoms with Gasteiger partial charge in [0.1, 0.15) is 6.61 Å². The van der Waals surface area contributed by atoms with Crippen molar-refractivity contribution in [2.24, 2.45) is 0 Å². The molecule has 0 unspecified atom stereocenters. The van der Waals surface area contributed by atoms with Crippen LogP contribution in [0.3, 0.4) is 0 Å². The Bertz CT molecular complexity index is 546. The smallest absolute Gasteiger partial charge is 0.165 e. The maximum Gasteiger partial charge on any atom is 0.165 e. The van der Waals surface area contributed by atoms with Crippen molar-refractivity contribution < 1.29 is 9.13 Å². The second-order valence-electron chi connectivity index (χ2n) is 4.20. The number of allylic oxidation sites excluding steroid dienone is 1. The maximum absolute atomic E-state index is 13.7. The monoisotopic (exact) mass is 242 g/mol. The first-order valence-electron chi connectivity index (χ1n) is 5.79. The Morgan fingerprint density at radius 3 is 2.50 bits per heavy atom. The van der Waals surface area contributed by atoms with E-state index in [1.165, 1.54) is 6.07 Å². The van der Waals surface area contributed by atoms with E-state index in [-0.39, 0.29) is 11.6 Å². The van der Waals surface area contributed by atoms with Gasteiger partial charge in [-0.25, -0.2) is 4.39 Å². The Balaban J connectivity index is 2.08. The minimum Gasteiger partial charge on any atom is -0.486 e. The fraction of sp³-hybridized carbons (Fsp3) is 0.125. The molecule has 0 N–H and O–H groups in total. The van der Waals surface area contributed by atoms with Gasteiger partial charge in [0.2, 0.25) is 0 Å². The Morgan fingerprint density at radius 2 is 1.89 bits per heavy atom. The molecule has 2 aromatic rings. The summed E-state index contributed by atoms with van der Waals surface area (Å²) in [5.41, 5.74) is 2.64. The molecule has 0 atom stereocenters. The molecule has 0 aliphatic heterocycles. The highest BCUT2D eigenvalue weighted by Gasteiger charge is 2.05. The molecule has 0 heterocycles. The minimum absolute atomic E-state index is 0.267. The van der Waals surface area contributed by atoms with Crippen LogP contribution in [0.1, 0.15) is 18.1 Å². The van der Waals surface area contributed by atoms with Gasteiger partial charge in [-0.1, -0.05) is 48.6 Å². The molecule has 1 nitrogen and oxygen atoms in total. The zero-order valence-corrected chi connectivity index (χ0v) is 10.3. The van der Waals surface area contributed by atoms with E-state index in [0.717, 1.165) is 16.7 Å². The van der Waals surface area contributed by atoms with E-state index in [4.69, 9.17) is 4.74 Å². The lowest BCUT2D eigenvalue weighted by Gasteiger charge is -2.08. The lowest BCUT2D eigenvalue weighted by molar-refractivity contribution is 0.290. The Kier molecular flexibility index (Phi) is 3.78. The summed E-state index contributed by atoms with van der Waals surface area (Å²) in [6, 6.07) is 14.6. The average molecular weight is 242 g/mol. The molecule has 0 spiro atoms. The van der Waals surface area contributed by atoms with Crippen molar-refractivity contribution in [2.75, 3.05) is 0 Å². The number of halogens is 1. The van der Waals surface area contributed by atoms with Crippen molar-refractivity contribution >= 4 is 5.57 Å². The summed E-state index contributed by atoms with van der Waals surface area (Å²) >= 11 is 0. The SMILES string of the molecule is C=C(C)c1ccc(OCc2ccccc2)c(F)c1. The predicted octanol–water partition coefficient (Wildman–Crippen LogP) is 4.44. The summed E-state index contributed by atoms with van der Waals surface area (Å²) in [6.07, 6.45) is 0. The molecule has 0 bridgehead atoms. The highest BCUT2D eigenvalue weighted by molar-refractivity contribution is 5.62. The van der Waals surface area contributed by atoms with Gasteiger partial charge in [-0.3, -0.25) is 0 Å². The molecule has 18 heavy (non-hydrogen) atoms. The Morgan fingerprint density at radius 1 is 1.17 bits per heavy atom. The average Bonchev–Trinajstić information content (AvgIpc) is 2.38. The first-order chi connectivity index (χ1) is 8.66. The van der Waals surface area contributed by atoms with E-state index in [1.807, 2.05) is 43.3 Å². The third-order valence-electron chi connectivity index (χ3n) is 2.66. The quantitative estimate of drug-likeness (QED) is 0.770. The number of rotatable bonds is 4. The van der Waals surface area contributed by atoms with Gasteiger partial charge in [0.25, 0.3) is 0 Å². The number of ether oxygens (including phenoxy) is 1. The van der Waals surface area contributed by atoms with Crippen molar-refractivity contribution in [3.63, 3.8) is 0 Å². The van der Waals surface area contributed by atoms with Crippen LogP contribution >= 0.6 is 0 Å². The summed E-state index contributed by atoms with van der Waals surface area (Å²) in [5, 5.41) is 0. The highest BCUT2D eigenvalue weighted by Crippen LogP contribution is 2.22. The molecule has 0 aliphatic rings. The van der Waals surface area contributed by atoms with Crippen molar-refractivity contribution in [3.05, 3.63) is 72.1 Å². The van der Waals surface area contributed by atoms with Crippen LogP contribution in [-0.4, -0.2) is 0 Å². The molecule has 0 amide bonds. The van der Waals surface area contributed by atoms with E-state index in [9.17, 15) is 4.39 Å². The van der Waals surface area contributed by atoms with Gasteiger partial charge in [-0.15, -0.1) is 0 Å². The van der Waals surface area contributed by atoms with E-state index in [2.05, 4.69) is 6.58 Å². The van der Waals surface area contributed by atoms with Gasteiger partial charge in [-0.05, 0) is 30.2 Å². The number of hydrogen-bond donors (Lipinski definition) is 0. The zero-order valence-electron chi connectivity index (χ0n) is 10.3. The fourth-order valence-corrected chi connectivity index (χ4v) is 1.62. The number of benzene rings is 2. The molecule has 0 aromatic heterocycles. The van der Waals surface area contributed by atoms with E-state index in [1.54, 1.807) is 6.07 Å². The van der Waals surface area contributed by atoms with Crippen LogP contribution in [-0.2, 0) is 6.61 Å². The highest BCUT2D eigenvalue weighted by atomic mass is 19.1. The molecule has 0 aliphatic carbocycles. The van der Waals surface area contributed by atoms with Gasteiger partial charge < -0.3 is 4.74 Å². The van der Waals surface area contributed by atoms with E-state index in [0.29, 0.717) is 6.61 Å². The van der Waals surface area contributed by atoms with Crippen molar-refractivity contribution in [1.29, 1.82) is 0 Å². The van der Waals surface area contributed by atoms with Crippen molar-refractivity contribution in [2.45, 2.75) is 13.5 Å². The lowest BCUT2D eigenvalue weighted by Crippen LogP contribution is -1.97. The molecule has 2 heteroatoms. The van der Waals surface area contributed by atoms with Gasteiger partial charge in [0.05, 0.1) is 0 Å². The van der Waals surface area contributed by atoms with Crippen molar-refractivity contribution in [1.82, 2.24) is 0 Å². The van der Waals surface area contributed by atoms with Crippen LogP contribution in [0.4, 0.5) is 4.39 Å². The topological polar surface area (TPSA) is 9.23 Å². The first kappa shape index (κ1) is 12.4. The zero-order chi connectivity index (χ0) is 13.0. The molecule has 0 fully saturated rings. The second-order valence-corrected chi connectivity index (χ2v) is 4.20. The molecule has 0 saturated heterocycles. The third-order valence-corrected chi connectivity index (χ3v) is 2.66. The third kappa shape index (κ3) is 2.98. The molecule has 0 radical (unpaired) electrons. The van der Waals surface area contributed by atoms with E-state index >= 15 is 0 Å². The first-order valence-corrected chi connectivity index (χ1v) is 5.79. The van der Waals surface area contributed by atoms with Crippen LogP contribution < -0.4 is 4.74 Å². The normalized spacial score (nSPS) is 10.1. The minimum atomic E-state index is -0.355. The van der Waals surface area contributed by atoms with Crippen molar-refractivity contribution in [3.8, 4) is 5.75 Å². The van der Waals surface area contributed by atoms with Gasteiger partial charge in [-0.2, -0.15) is 0 Å². The van der Waals surface area contributed by atoms with Crippen LogP contribution in [0.2, 0.25) is 0 Å². The largest absolute Gasteiger partial charge is 0.486 e. The molecule has 2 rings (SSSR count). The summed E-state index contributed by atoms with van der Waals surface area (Å²) in [4.78, 5) is 0. The van der Waals surface area contributed by atoms with Gasteiger partial charge in [0.15, 0.2) is 11.6 Å². The van der Waals surface area contributed by atoms with Gasteiger partial charge in [0, 0.05) is 0 Å². The summed E-state index contributed by atoms with van der Waals surface area (Å²) < 4.78 is 19.2. The summed E-state index contributed by atoms with van der Waals surface area (Å²) in [5.74, 6) is -0.0877. The van der Waals surface area contributed by atoms with E-state index < -0.39 is 0 Å².